The monoisotopic (exact) mass is 440 g/mol. The van der Waals surface area contributed by atoms with Crippen molar-refractivity contribution in [3.05, 3.63) is 0 Å². The molecule has 0 saturated carbocycles. The van der Waals surface area contributed by atoms with Crippen molar-refractivity contribution in [2.45, 2.75) is 99.8 Å². The average Bonchev–Trinajstić information content (AvgIpc) is 2.99. The van der Waals surface area contributed by atoms with Crippen molar-refractivity contribution in [3.8, 4) is 0 Å². The smallest absolute Gasteiger partial charge is 0.224 e. The van der Waals surface area contributed by atoms with Gasteiger partial charge in [-0.3, -0.25) is 0 Å². The third kappa shape index (κ3) is 4.97. The van der Waals surface area contributed by atoms with E-state index in [2.05, 4.69) is 6.92 Å². The van der Waals surface area contributed by atoms with Crippen LogP contribution in [0.5, 0.6) is 0 Å². The van der Waals surface area contributed by atoms with E-state index in [9.17, 15) is 40.9 Å². The third-order valence-electron chi connectivity index (χ3n) is 5.92. The highest BCUT2D eigenvalue weighted by Gasteiger charge is 2.63. The number of hydrogen-bond donors (Lipinski definition) is 8. The summed E-state index contributed by atoms with van der Waals surface area (Å²) in [6.07, 6.45) is -7.07. The lowest BCUT2D eigenvalue weighted by Gasteiger charge is -2.51. The first kappa shape index (κ1) is 25.8. The zero-order valence-corrected chi connectivity index (χ0v) is 17.2. The number of hydrogen-bond acceptors (Lipinski definition) is 11. The average molecular weight is 440 g/mol. The molecule has 0 aromatic rings. The van der Waals surface area contributed by atoms with Crippen LogP contribution >= 0.6 is 0 Å². The molecule has 2 rings (SSSR count). The summed E-state index contributed by atoms with van der Waals surface area (Å²) in [5, 5.41) is 80.6. The quantitative estimate of drug-likeness (QED) is 0.156. The van der Waals surface area contributed by atoms with Crippen LogP contribution in [0.4, 0.5) is 0 Å². The van der Waals surface area contributed by atoms with Gasteiger partial charge in [0.1, 0.15) is 49.3 Å². The van der Waals surface area contributed by atoms with Gasteiger partial charge in [-0.25, -0.2) is 0 Å². The fourth-order valence-electron chi connectivity index (χ4n) is 4.07. The van der Waals surface area contributed by atoms with Gasteiger partial charge in [0, 0.05) is 6.42 Å². The molecule has 0 spiro atoms. The summed E-state index contributed by atoms with van der Waals surface area (Å²) in [5.74, 6) is -4.33. The molecule has 2 aliphatic heterocycles. The molecular formula is C19H36O11. The van der Waals surface area contributed by atoms with Crippen LogP contribution in [0.3, 0.4) is 0 Å². The Hall–Kier alpha value is -0.440. The first-order valence-corrected chi connectivity index (χ1v) is 10.5. The second kappa shape index (κ2) is 10.9. The van der Waals surface area contributed by atoms with Crippen molar-refractivity contribution < 1.29 is 55.1 Å². The number of rotatable bonds is 11. The fraction of sp³-hybridized carbons (Fsp3) is 1.00. The van der Waals surface area contributed by atoms with Crippen LogP contribution in [-0.2, 0) is 14.2 Å². The maximum atomic E-state index is 10.7. The molecule has 9 atom stereocenters. The van der Waals surface area contributed by atoms with E-state index in [0.717, 1.165) is 25.7 Å². The minimum Gasteiger partial charge on any atom is -0.394 e. The number of aliphatic hydroxyl groups is 8. The van der Waals surface area contributed by atoms with Crippen LogP contribution in [-0.4, -0.2) is 115 Å². The molecule has 11 nitrogen and oxygen atoms in total. The van der Waals surface area contributed by atoms with Crippen LogP contribution in [0, 0.1) is 0 Å². The van der Waals surface area contributed by atoms with Crippen molar-refractivity contribution in [1.29, 1.82) is 0 Å². The second-order valence-corrected chi connectivity index (χ2v) is 8.09. The van der Waals surface area contributed by atoms with Gasteiger partial charge in [-0.2, -0.15) is 0 Å². The lowest BCUT2D eigenvalue weighted by molar-refractivity contribution is -0.435. The van der Waals surface area contributed by atoms with Gasteiger partial charge in [0.05, 0.1) is 13.2 Å². The normalized spacial score (nSPS) is 44.5. The second-order valence-electron chi connectivity index (χ2n) is 8.09. The predicted octanol–water partition coefficient (Wildman–Crippen LogP) is -2.66. The molecule has 0 aromatic heterocycles. The van der Waals surface area contributed by atoms with Crippen LogP contribution < -0.4 is 0 Å². The Morgan fingerprint density at radius 3 is 1.77 bits per heavy atom. The Kier molecular flexibility index (Phi) is 9.40. The van der Waals surface area contributed by atoms with Crippen molar-refractivity contribution in [3.63, 3.8) is 0 Å². The van der Waals surface area contributed by atoms with Gasteiger partial charge >= 0.3 is 0 Å². The molecule has 0 amide bonds. The summed E-state index contributed by atoms with van der Waals surface area (Å²) < 4.78 is 16.9. The molecule has 8 N–H and O–H groups in total. The first-order valence-electron chi connectivity index (χ1n) is 10.5. The summed E-state index contributed by atoms with van der Waals surface area (Å²) >= 11 is 0. The van der Waals surface area contributed by atoms with Gasteiger partial charge in [0.25, 0.3) is 0 Å². The van der Waals surface area contributed by atoms with E-state index in [1.807, 2.05) is 0 Å². The van der Waals surface area contributed by atoms with Crippen molar-refractivity contribution in [1.82, 2.24) is 0 Å². The van der Waals surface area contributed by atoms with E-state index >= 15 is 0 Å². The molecule has 30 heavy (non-hydrogen) atoms. The molecule has 2 heterocycles. The van der Waals surface area contributed by atoms with Crippen LogP contribution in [0.2, 0.25) is 0 Å². The van der Waals surface area contributed by atoms with Gasteiger partial charge < -0.3 is 55.1 Å². The van der Waals surface area contributed by atoms with Gasteiger partial charge in [-0.05, 0) is 6.42 Å². The summed E-state index contributed by atoms with van der Waals surface area (Å²) in [4.78, 5) is 0. The van der Waals surface area contributed by atoms with Crippen molar-refractivity contribution in [2.75, 3.05) is 19.8 Å². The minimum atomic E-state index is -2.26. The minimum absolute atomic E-state index is 0.0180. The standard InChI is InChI=1S/C19H36O11/c1-2-3-4-5-6-7-18(17(27)15(25)13(23)11(8-20)28-18)30-19(10-22)16(26)14(24)12(9-21)29-19/h11-17,20-27H,2-10H2,1H3/t11-,12-,13-,14-,15+,16+,17-,18+,19?/m1/s1. The Bertz CT molecular complexity index is 521. The lowest BCUT2D eigenvalue weighted by Crippen LogP contribution is -2.69. The number of ether oxygens (including phenoxy) is 3. The molecule has 0 radical (unpaired) electrons. The topological polar surface area (TPSA) is 190 Å². The molecule has 0 aromatic carbocycles. The highest BCUT2D eigenvalue weighted by atomic mass is 16.8. The van der Waals surface area contributed by atoms with E-state index in [1.165, 1.54) is 0 Å². The molecule has 178 valence electrons. The molecule has 0 aliphatic carbocycles. The van der Waals surface area contributed by atoms with Gasteiger partial charge in [-0.1, -0.05) is 32.6 Å². The Morgan fingerprint density at radius 1 is 0.700 bits per heavy atom. The Morgan fingerprint density at radius 2 is 1.23 bits per heavy atom. The summed E-state index contributed by atoms with van der Waals surface area (Å²) in [6.45, 7) is -0.270. The first-order chi connectivity index (χ1) is 14.2. The maximum Gasteiger partial charge on any atom is 0.224 e. The van der Waals surface area contributed by atoms with Gasteiger partial charge in [-0.15, -0.1) is 0 Å². The van der Waals surface area contributed by atoms with E-state index < -0.39 is 74.1 Å². The zero-order chi connectivity index (χ0) is 22.5. The summed E-state index contributed by atoms with van der Waals surface area (Å²) in [6, 6.07) is 0. The Labute approximate surface area is 175 Å². The third-order valence-corrected chi connectivity index (χ3v) is 5.92. The van der Waals surface area contributed by atoms with E-state index in [-0.39, 0.29) is 6.42 Å². The molecule has 2 fully saturated rings. The molecule has 0 bridgehead atoms. The van der Waals surface area contributed by atoms with Crippen molar-refractivity contribution in [2.24, 2.45) is 0 Å². The summed E-state index contributed by atoms with van der Waals surface area (Å²) in [5.41, 5.74) is 0. The molecule has 2 aliphatic rings. The predicted molar refractivity (Wildman–Crippen MR) is 101 cm³/mol. The van der Waals surface area contributed by atoms with Crippen LogP contribution in [0.25, 0.3) is 0 Å². The van der Waals surface area contributed by atoms with Crippen molar-refractivity contribution >= 4 is 0 Å². The zero-order valence-electron chi connectivity index (χ0n) is 17.2. The van der Waals surface area contributed by atoms with Gasteiger partial charge in [0.2, 0.25) is 11.6 Å². The highest BCUT2D eigenvalue weighted by Crippen LogP contribution is 2.43. The SMILES string of the molecule is CCCCCCC[C@@]1(OC2(CO)O[C@H](CO)[C@@H](O)[C@@H]2O)O[C@H](CO)[C@@H](O)[C@H](O)[C@H]1O. The fourth-order valence-corrected chi connectivity index (χ4v) is 4.07. The summed E-state index contributed by atoms with van der Waals surface area (Å²) in [7, 11) is 0. The number of aliphatic hydroxyl groups excluding tert-OH is 8. The van der Waals surface area contributed by atoms with E-state index in [1.54, 1.807) is 0 Å². The van der Waals surface area contributed by atoms with Crippen LogP contribution in [0.1, 0.15) is 45.4 Å². The van der Waals surface area contributed by atoms with Gasteiger partial charge in [0.15, 0.2) is 0 Å². The molecule has 11 heteroatoms. The number of unbranched alkanes of at least 4 members (excludes halogenated alkanes) is 4. The molecule has 2 saturated heterocycles. The van der Waals surface area contributed by atoms with Crippen LogP contribution in [0.15, 0.2) is 0 Å². The lowest BCUT2D eigenvalue weighted by atomic mass is 9.88. The largest absolute Gasteiger partial charge is 0.394 e. The highest BCUT2D eigenvalue weighted by molar-refractivity contribution is 5.02. The Balaban J connectivity index is 2.33. The van der Waals surface area contributed by atoms with E-state index in [0.29, 0.717) is 6.42 Å². The molecule has 1 unspecified atom stereocenters. The van der Waals surface area contributed by atoms with E-state index in [4.69, 9.17) is 14.2 Å². The maximum absolute atomic E-state index is 10.7. The molecular weight excluding hydrogens is 404 g/mol.